The molecule has 1 amide bonds. The Labute approximate surface area is 100 Å². The van der Waals surface area contributed by atoms with Crippen LogP contribution in [0.15, 0.2) is 6.07 Å². The number of nitrogens with one attached hydrogen (secondary N) is 1. The second-order valence-corrected chi connectivity index (χ2v) is 4.93. The van der Waals surface area contributed by atoms with E-state index in [9.17, 15) is 4.79 Å². The molecule has 4 nitrogen and oxygen atoms in total. The lowest BCUT2D eigenvalue weighted by molar-refractivity contribution is 0.0833. The van der Waals surface area contributed by atoms with Crippen LogP contribution in [0.5, 0.6) is 0 Å². The Kier molecular flexibility index (Phi) is 4.61. The molecule has 1 heterocycles. The van der Waals surface area contributed by atoms with Gasteiger partial charge in [0.05, 0.1) is 10.7 Å². The zero-order valence-corrected chi connectivity index (χ0v) is 10.9. The van der Waals surface area contributed by atoms with Crippen LogP contribution in [0.1, 0.15) is 29.4 Å². The van der Waals surface area contributed by atoms with Gasteiger partial charge in [0.1, 0.15) is 4.88 Å². The number of hydrogen-bond donors (Lipinski definition) is 2. The summed E-state index contributed by atoms with van der Waals surface area (Å²) in [6.07, 6.45) is 2.27. The minimum absolute atomic E-state index is 0.0361. The molecule has 1 rings (SSSR count). The highest BCUT2D eigenvalue weighted by Crippen LogP contribution is 2.29. The molecule has 0 atom stereocenters. The zero-order chi connectivity index (χ0) is 12.1. The second-order valence-electron chi connectivity index (χ2n) is 3.88. The Bertz CT molecular complexity index is 360. The van der Waals surface area contributed by atoms with Gasteiger partial charge in [-0.15, -0.1) is 11.3 Å². The van der Waals surface area contributed by atoms with Gasteiger partial charge < -0.3 is 16.0 Å². The van der Waals surface area contributed by atoms with Crippen molar-refractivity contribution in [1.82, 2.24) is 4.90 Å². The molecule has 1 aromatic rings. The fourth-order valence-electron chi connectivity index (χ4n) is 1.25. The van der Waals surface area contributed by atoms with Crippen LogP contribution in [-0.4, -0.2) is 31.4 Å². The molecule has 0 fully saturated rings. The highest BCUT2D eigenvalue weighted by atomic mass is 32.1. The number of amides is 1. The molecule has 0 radical (unpaired) electrons. The fraction of sp³-hybridized carbons (Fsp3) is 0.545. The molecule has 0 saturated heterocycles. The van der Waals surface area contributed by atoms with E-state index in [1.54, 1.807) is 14.1 Å². The normalized spacial score (nSPS) is 10.2. The molecule has 0 saturated carbocycles. The van der Waals surface area contributed by atoms with Crippen LogP contribution in [0, 0.1) is 0 Å². The maximum atomic E-state index is 11.7. The summed E-state index contributed by atoms with van der Waals surface area (Å²) in [5, 5.41) is 4.24. The first kappa shape index (κ1) is 12.8. The summed E-state index contributed by atoms with van der Waals surface area (Å²) in [4.78, 5) is 13.9. The van der Waals surface area contributed by atoms with Crippen LogP contribution in [0.25, 0.3) is 0 Å². The maximum Gasteiger partial charge on any atom is 0.265 e. The highest BCUT2D eigenvalue weighted by Gasteiger charge is 2.15. The third-order valence-corrected chi connectivity index (χ3v) is 3.29. The molecule has 0 aromatic carbocycles. The van der Waals surface area contributed by atoms with Crippen molar-refractivity contribution in [2.45, 2.75) is 19.8 Å². The molecule has 5 heteroatoms. The van der Waals surface area contributed by atoms with Crippen LogP contribution < -0.4 is 11.1 Å². The Morgan fingerprint density at radius 2 is 2.25 bits per heavy atom. The van der Waals surface area contributed by atoms with Crippen LogP contribution in [0.4, 0.5) is 10.7 Å². The van der Waals surface area contributed by atoms with Crippen LogP contribution in [0.2, 0.25) is 0 Å². The van der Waals surface area contributed by atoms with E-state index in [0.29, 0.717) is 10.6 Å². The molecular weight excluding hydrogens is 222 g/mol. The first-order valence-electron chi connectivity index (χ1n) is 5.41. The summed E-state index contributed by atoms with van der Waals surface area (Å²) in [6, 6.07) is 1.83. The molecule has 0 aliphatic carbocycles. The lowest BCUT2D eigenvalue weighted by Gasteiger charge is -2.08. The number of nitrogen functional groups attached to an aromatic ring is 1. The van der Waals surface area contributed by atoms with Gasteiger partial charge in [-0.1, -0.05) is 13.3 Å². The van der Waals surface area contributed by atoms with Crippen molar-refractivity contribution in [3.05, 3.63) is 10.9 Å². The van der Waals surface area contributed by atoms with Gasteiger partial charge in [-0.3, -0.25) is 4.79 Å². The summed E-state index contributed by atoms with van der Waals surface area (Å²) >= 11 is 1.42. The topological polar surface area (TPSA) is 58.4 Å². The van der Waals surface area contributed by atoms with Crippen LogP contribution in [-0.2, 0) is 0 Å². The molecule has 3 N–H and O–H groups in total. The number of carbonyl (C=O) groups is 1. The quantitative estimate of drug-likeness (QED) is 0.777. The van der Waals surface area contributed by atoms with Crippen molar-refractivity contribution in [3.8, 4) is 0 Å². The minimum Gasteiger partial charge on any atom is -0.397 e. The Morgan fingerprint density at radius 3 is 2.81 bits per heavy atom. The lowest BCUT2D eigenvalue weighted by Crippen LogP contribution is -2.21. The van der Waals surface area contributed by atoms with Gasteiger partial charge in [-0.05, 0) is 12.5 Å². The number of unbranched alkanes of at least 4 members (excludes halogenated alkanes) is 1. The first-order valence-corrected chi connectivity index (χ1v) is 6.22. The molecule has 0 unspecified atom stereocenters. The maximum absolute atomic E-state index is 11.7. The van der Waals surface area contributed by atoms with Gasteiger partial charge in [-0.25, -0.2) is 0 Å². The number of anilines is 2. The van der Waals surface area contributed by atoms with Crippen molar-refractivity contribution in [1.29, 1.82) is 0 Å². The average Bonchev–Trinajstić information content (AvgIpc) is 2.59. The Morgan fingerprint density at radius 1 is 1.56 bits per heavy atom. The number of nitrogens with zero attached hydrogens (tertiary/aromatic N) is 1. The smallest absolute Gasteiger partial charge is 0.265 e. The third-order valence-electron chi connectivity index (χ3n) is 2.19. The van der Waals surface area contributed by atoms with E-state index in [2.05, 4.69) is 12.2 Å². The molecule has 0 aliphatic rings. The van der Waals surface area contributed by atoms with Gasteiger partial charge in [0.2, 0.25) is 0 Å². The van der Waals surface area contributed by atoms with Gasteiger partial charge in [0.15, 0.2) is 0 Å². The predicted octanol–water partition coefficient (Wildman–Crippen LogP) is 2.24. The van der Waals surface area contributed by atoms with Crippen LogP contribution in [0.3, 0.4) is 0 Å². The van der Waals surface area contributed by atoms with Crippen molar-refractivity contribution < 1.29 is 4.79 Å². The Balaban J connectivity index is 2.70. The highest BCUT2D eigenvalue weighted by molar-refractivity contribution is 7.18. The lowest BCUT2D eigenvalue weighted by atomic mass is 10.3. The predicted molar refractivity (Wildman–Crippen MR) is 70.1 cm³/mol. The average molecular weight is 241 g/mol. The third kappa shape index (κ3) is 3.13. The van der Waals surface area contributed by atoms with E-state index in [-0.39, 0.29) is 5.91 Å². The molecule has 1 aromatic heterocycles. The summed E-state index contributed by atoms with van der Waals surface area (Å²) in [5.41, 5.74) is 6.37. The monoisotopic (exact) mass is 241 g/mol. The van der Waals surface area contributed by atoms with E-state index >= 15 is 0 Å². The SMILES string of the molecule is CCCCNc1cc(N)c(C(=O)N(C)C)s1. The van der Waals surface area contributed by atoms with E-state index < -0.39 is 0 Å². The van der Waals surface area contributed by atoms with E-state index in [1.165, 1.54) is 16.2 Å². The van der Waals surface area contributed by atoms with Crippen LogP contribution >= 0.6 is 11.3 Å². The fourth-order valence-corrected chi connectivity index (χ4v) is 2.28. The number of carbonyl (C=O) groups excluding carboxylic acids is 1. The number of nitrogens with two attached hydrogens (primary N) is 1. The van der Waals surface area contributed by atoms with E-state index in [0.717, 1.165) is 24.4 Å². The van der Waals surface area contributed by atoms with Crippen molar-refractivity contribution >= 4 is 27.9 Å². The molecule has 16 heavy (non-hydrogen) atoms. The largest absolute Gasteiger partial charge is 0.397 e. The van der Waals surface area contributed by atoms with Gasteiger partial charge in [-0.2, -0.15) is 0 Å². The summed E-state index contributed by atoms with van der Waals surface area (Å²) in [6.45, 7) is 3.07. The minimum atomic E-state index is -0.0361. The summed E-state index contributed by atoms with van der Waals surface area (Å²) < 4.78 is 0. The molecular formula is C11H19N3OS. The van der Waals surface area contributed by atoms with Crippen molar-refractivity contribution in [2.24, 2.45) is 0 Å². The number of thiophene rings is 1. The van der Waals surface area contributed by atoms with E-state index in [1.807, 2.05) is 6.07 Å². The van der Waals surface area contributed by atoms with Crippen molar-refractivity contribution in [3.63, 3.8) is 0 Å². The second kappa shape index (κ2) is 5.75. The van der Waals surface area contributed by atoms with Gasteiger partial charge in [0.25, 0.3) is 5.91 Å². The number of rotatable bonds is 5. The first-order chi connectivity index (χ1) is 7.56. The summed E-state index contributed by atoms with van der Waals surface area (Å²) in [7, 11) is 3.46. The zero-order valence-electron chi connectivity index (χ0n) is 10.0. The Hall–Kier alpha value is -1.23. The van der Waals surface area contributed by atoms with E-state index in [4.69, 9.17) is 5.73 Å². The summed E-state index contributed by atoms with van der Waals surface area (Å²) in [5.74, 6) is -0.0361. The molecule has 0 aliphatic heterocycles. The van der Waals surface area contributed by atoms with Crippen molar-refractivity contribution in [2.75, 3.05) is 31.7 Å². The molecule has 90 valence electrons. The van der Waals surface area contributed by atoms with Gasteiger partial charge >= 0.3 is 0 Å². The molecule has 0 bridgehead atoms. The number of hydrogen-bond acceptors (Lipinski definition) is 4. The standard InChI is InChI=1S/C11H19N3OS/c1-4-5-6-13-9-7-8(12)10(16-9)11(15)14(2)3/h7,13H,4-6,12H2,1-3H3. The van der Waals surface area contributed by atoms with Gasteiger partial charge in [0, 0.05) is 20.6 Å². The molecule has 0 spiro atoms.